The minimum Gasteiger partial charge on any atom is -0.493 e. The first kappa shape index (κ1) is 17.6. The summed E-state index contributed by atoms with van der Waals surface area (Å²) in [6, 6.07) is 11.7. The SMILES string of the molecule is COc1cc(C(=O)O)ccc1OCC(=O)N[C@@H]1CCOc2ccccc21. The quantitative estimate of drug-likeness (QED) is 0.825. The minimum absolute atomic E-state index is 0.0810. The molecule has 0 aromatic heterocycles. The third-order valence-corrected chi connectivity index (χ3v) is 4.06. The smallest absolute Gasteiger partial charge is 0.335 e. The highest BCUT2D eigenvalue weighted by Crippen LogP contribution is 2.31. The standard InChI is InChI=1S/C19H19NO6/c1-24-17-10-12(19(22)23)6-7-16(17)26-11-18(21)20-14-8-9-25-15-5-3-2-4-13(14)15/h2-7,10,14H,8-9,11H2,1H3,(H,20,21)(H,22,23)/t14-/m1/s1. The number of methoxy groups -OCH3 is 1. The summed E-state index contributed by atoms with van der Waals surface area (Å²) in [7, 11) is 1.41. The first-order valence-electron chi connectivity index (χ1n) is 8.13. The highest BCUT2D eigenvalue weighted by atomic mass is 16.5. The van der Waals surface area contributed by atoms with Gasteiger partial charge in [-0.2, -0.15) is 0 Å². The number of carbonyl (C=O) groups excluding carboxylic acids is 1. The number of hydrogen-bond acceptors (Lipinski definition) is 5. The maximum atomic E-state index is 12.3. The Hall–Kier alpha value is -3.22. The average molecular weight is 357 g/mol. The topological polar surface area (TPSA) is 94.1 Å². The molecule has 0 bridgehead atoms. The number of nitrogens with one attached hydrogen (secondary N) is 1. The van der Waals surface area contributed by atoms with Gasteiger partial charge in [-0.05, 0) is 24.3 Å². The molecule has 2 aromatic carbocycles. The van der Waals surface area contributed by atoms with Gasteiger partial charge in [-0.15, -0.1) is 0 Å². The summed E-state index contributed by atoms with van der Waals surface area (Å²) in [6.45, 7) is 0.329. The molecule has 0 saturated carbocycles. The first-order chi connectivity index (χ1) is 12.6. The molecule has 0 fully saturated rings. The molecule has 136 valence electrons. The van der Waals surface area contributed by atoms with Gasteiger partial charge in [-0.1, -0.05) is 18.2 Å². The Kier molecular flexibility index (Phi) is 5.26. The van der Waals surface area contributed by atoms with Gasteiger partial charge in [0.2, 0.25) is 0 Å². The van der Waals surface area contributed by atoms with E-state index in [4.69, 9.17) is 19.3 Å². The van der Waals surface area contributed by atoms with E-state index in [9.17, 15) is 9.59 Å². The molecule has 1 aliphatic heterocycles. The van der Waals surface area contributed by atoms with E-state index in [1.165, 1.54) is 25.3 Å². The zero-order chi connectivity index (χ0) is 18.5. The van der Waals surface area contributed by atoms with Crippen molar-refractivity contribution in [3.05, 3.63) is 53.6 Å². The van der Waals surface area contributed by atoms with Crippen LogP contribution in [0.15, 0.2) is 42.5 Å². The van der Waals surface area contributed by atoms with Crippen LogP contribution < -0.4 is 19.5 Å². The Morgan fingerprint density at radius 2 is 2.04 bits per heavy atom. The molecule has 1 amide bonds. The maximum Gasteiger partial charge on any atom is 0.335 e. The lowest BCUT2D eigenvalue weighted by Gasteiger charge is -2.26. The molecule has 0 saturated heterocycles. The van der Waals surface area contributed by atoms with Gasteiger partial charge >= 0.3 is 5.97 Å². The third kappa shape index (κ3) is 3.88. The van der Waals surface area contributed by atoms with Crippen molar-refractivity contribution in [1.82, 2.24) is 5.32 Å². The van der Waals surface area contributed by atoms with Crippen molar-refractivity contribution in [1.29, 1.82) is 0 Å². The second-order valence-corrected chi connectivity index (χ2v) is 5.75. The number of carboxylic acid groups (broad SMARTS) is 1. The van der Waals surface area contributed by atoms with Gasteiger partial charge in [0, 0.05) is 12.0 Å². The highest BCUT2D eigenvalue weighted by Gasteiger charge is 2.23. The van der Waals surface area contributed by atoms with Gasteiger partial charge in [0.15, 0.2) is 18.1 Å². The zero-order valence-corrected chi connectivity index (χ0v) is 14.2. The van der Waals surface area contributed by atoms with Crippen molar-refractivity contribution in [2.45, 2.75) is 12.5 Å². The Morgan fingerprint density at radius 3 is 2.81 bits per heavy atom. The fraction of sp³-hybridized carbons (Fsp3) is 0.263. The van der Waals surface area contributed by atoms with E-state index in [-0.39, 0.29) is 29.9 Å². The van der Waals surface area contributed by atoms with Crippen molar-refractivity contribution >= 4 is 11.9 Å². The summed E-state index contributed by atoms with van der Waals surface area (Å²) in [5, 5.41) is 11.9. The highest BCUT2D eigenvalue weighted by molar-refractivity contribution is 5.88. The van der Waals surface area contributed by atoms with Crippen LogP contribution in [0.5, 0.6) is 17.2 Å². The lowest BCUT2D eigenvalue weighted by Crippen LogP contribution is -2.35. The molecule has 1 heterocycles. The van der Waals surface area contributed by atoms with Crippen LogP contribution in [-0.2, 0) is 4.79 Å². The van der Waals surface area contributed by atoms with E-state index in [0.29, 0.717) is 18.8 Å². The van der Waals surface area contributed by atoms with E-state index in [1.807, 2.05) is 24.3 Å². The lowest BCUT2D eigenvalue weighted by atomic mass is 10.0. The van der Waals surface area contributed by atoms with Crippen LogP contribution >= 0.6 is 0 Å². The molecule has 7 nitrogen and oxygen atoms in total. The van der Waals surface area contributed by atoms with Crippen LogP contribution in [0, 0.1) is 0 Å². The van der Waals surface area contributed by atoms with Crippen molar-refractivity contribution in [2.75, 3.05) is 20.3 Å². The van der Waals surface area contributed by atoms with Crippen molar-refractivity contribution in [3.63, 3.8) is 0 Å². The van der Waals surface area contributed by atoms with E-state index in [1.54, 1.807) is 0 Å². The summed E-state index contributed by atoms with van der Waals surface area (Å²) in [5.74, 6) is -0.00752. The number of fused-ring (bicyclic) bond motifs is 1. The summed E-state index contributed by atoms with van der Waals surface area (Å²) in [6.07, 6.45) is 0.680. The second-order valence-electron chi connectivity index (χ2n) is 5.75. The normalized spacial score (nSPS) is 15.3. The number of carboxylic acids is 1. The monoisotopic (exact) mass is 357 g/mol. The molecule has 1 atom stereocenters. The third-order valence-electron chi connectivity index (χ3n) is 4.06. The lowest BCUT2D eigenvalue weighted by molar-refractivity contribution is -0.124. The molecule has 0 aliphatic carbocycles. The van der Waals surface area contributed by atoms with Crippen LogP contribution in [0.3, 0.4) is 0 Å². The molecule has 2 aromatic rings. The van der Waals surface area contributed by atoms with Crippen molar-refractivity contribution in [2.24, 2.45) is 0 Å². The predicted octanol–water partition coefficient (Wildman–Crippen LogP) is 2.41. The van der Waals surface area contributed by atoms with E-state index in [2.05, 4.69) is 5.32 Å². The predicted molar refractivity (Wildman–Crippen MR) is 92.9 cm³/mol. The summed E-state index contributed by atoms with van der Waals surface area (Å²) in [4.78, 5) is 23.3. The van der Waals surface area contributed by atoms with Gasteiger partial charge < -0.3 is 24.6 Å². The Balaban J connectivity index is 1.62. The van der Waals surface area contributed by atoms with Gasteiger partial charge in [0.1, 0.15) is 5.75 Å². The maximum absolute atomic E-state index is 12.3. The van der Waals surface area contributed by atoms with E-state index in [0.717, 1.165) is 11.3 Å². The molecule has 3 rings (SSSR count). The second kappa shape index (κ2) is 7.77. The van der Waals surface area contributed by atoms with Gasteiger partial charge in [0.05, 0.1) is 25.3 Å². The fourth-order valence-electron chi connectivity index (χ4n) is 2.79. The number of aromatic carboxylic acids is 1. The minimum atomic E-state index is -1.06. The molecule has 0 radical (unpaired) electrons. The molecule has 7 heteroatoms. The Morgan fingerprint density at radius 1 is 1.23 bits per heavy atom. The van der Waals surface area contributed by atoms with Crippen LogP contribution in [0.25, 0.3) is 0 Å². The molecule has 1 aliphatic rings. The van der Waals surface area contributed by atoms with Gasteiger partial charge in [0.25, 0.3) is 5.91 Å². The number of para-hydroxylation sites is 1. The molecular weight excluding hydrogens is 338 g/mol. The number of ether oxygens (including phenoxy) is 3. The largest absolute Gasteiger partial charge is 0.493 e. The number of amides is 1. The van der Waals surface area contributed by atoms with Crippen molar-refractivity contribution < 1.29 is 28.9 Å². The zero-order valence-electron chi connectivity index (χ0n) is 14.2. The molecule has 0 unspecified atom stereocenters. The fourth-order valence-corrected chi connectivity index (χ4v) is 2.79. The number of hydrogen-bond donors (Lipinski definition) is 2. The van der Waals surface area contributed by atoms with Crippen LogP contribution in [0.4, 0.5) is 0 Å². The average Bonchev–Trinajstić information content (AvgIpc) is 2.66. The molecule has 26 heavy (non-hydrogen) atoms. The Bertz CT molecular complexity index is 819. The molecule has 2 N–H and O–H groups in total. The molecule has 0 spiro atoms. The summed E-state index contributed by atoms with van der Waals surface area (Å²) < 4.78 is 16.2. The van der Waals surface area contributed by atoms with E-state index < -0.39 is 5.97 Å². The Labute approximate surface area is 150 Å². The van der Waals surface area contributed by atoms with Gasteiger partial charge in [-0.25, -0.2) is 4.79 Å². The first-order valence-corrected chi connectivity index (χ1v) is 8.13. The number of rotatable bonds is 6. The van der Waals surface area contributed by atoms with Gasteiger partial charge in [-0.3, -0.25) is 4.79 Å². The molecular formula is C19H19NO6. The van der Waals surface area contributed by atoms with Crippen molar-refractivity contribution in [3.8, 4) is 17.2 Å². The van der Waals surface area contributed by atoms with E-state index >= 15 is 0 Å². The van der Waals surface area contributed by atoms with Crippen LogP contribution in [0.1, 0.15) is 28.4 Å². The van der Waals surface area contributed by atoms with Crippen LogP contribution in [-0.4, -0.2) is 37.3 Å². The number of benzene rings is 2. The summed E-state index contributed by atoms with van der Waals surface area (Å²) >= 11 is 0. The summed E-state index contributed by atoms with van der Waals surface area (Å²) in [5.41, 5.74) is 1.02. The number of carbonyl (C=O) groups is 2. The van der Waals surface area contributed by atoms with Crippen LogP contribution in [0.2, 0.25) is 0 Å².